The minimum Gasteiger partial charge on any atom is -0.478 e. The lowest BCUT2D eigenvalue weighted by molar-refractivity contribution is -0.131. The molecule has 0 aromatic heterocycles. The van der Waals surface area contributed by atoms with Crippen molar-refractivity contribution in [2.24, 2.45) is 0 Å². The van der Waals surface area contributed by atoms with Crippen LogP contribution in [0, 0.1) is 5.82 Å². The van der Waals surface area contributed by atoms with Crippen molar-refractivity contribution in [3.8, 4) is 0 Å². The number of carbonyl (C=O) groups is 1. The second-order valence-electron chi connectivity index (χ2n) is 2.54. The summed E-state index contributed by atoms with van der Waals surface area (Å²) in [5.41, 5.74) is 0.500. The maximum Gasteiger partial charge on any atom is 0.327 e. The van der Waals surface area contributed by atoms with E-state index in [1.54, 1.807) is 18.2 Å². The van der Waals surface area contributed by atoms with E-state index in [4.69, 9.17) is 5.11 Å². The highest BCUT2D eigenvalue weighted by molar-refractivity contribution is 5.79. The smallest absolute Gasteiger partial charge is 0.327 e. The molecule has 0 aliphatic carbocycles. The number of hydrogen-bond acceptors (Lipinski definition) is 1. The number of halogens is 1. The van der Waals surface area contributed by atoms with Crippen LogP contribution in [0.3, 0.4) is 0 Å². The first-order chi connectivity index (χ1) is 6.20. The van der Waals surface area contributed by atoms with Gasteiger partial charge in [-0.25, -0.2) is 9.18 Å². The van der Waals surface area contributed by atoms with Gasteiger partial charge in [-0.3, -0.25) is 0 Å². The van der Waals surface area contributed by atoms with Gasteiger partial charge in [0.25, 0.3) is 0 Å². The van der Waals surface area contributed by atoms with E-state index in [-0.39, 0.29) is 5.82 Å². The molecule has 2 nitrogen and oxygen atoms in total. The molecule has 0 saturated heterocycles. The zero-order chi connectivity index (χ0) is 9.68. The third kappa shape index (κ3) is 3.07. The largest absolute Gasteiger partial charge is 0.478 e. The molecular formula is C10H9FO2. The molecule has 0 aliphatic heterocycles. The van der Waals surface area contributed by atoms with E-state index in [1.807, 2.05) is 0 Å². The summed E-state index contributed by atoms with van der Waals surface area (Å²) in [5.74, 6) is -1.33. The molecular weight excluding hydrogens is 171 g/mol. The number of allylic oxidation sites excluding steroid dienone is 1. The molecule has 0 amide bonds. The molecule has 1 aromatic carbocycles. The summed E-state index contributed by atoms with van der Waals surface area (Å²) in [6.45, 7) is 0. The summed E-state index contributed by atoms with van der Waals surface area (Å²) in [5, 5.41) is 8.28. The fourth-order valence-corrected chi connectivity index (χ4v) is 0.951. The van der Waals surface area contributed by atoms with Gasteiger partial charge in [-0.05, 0) is 18.1 Å². The summed E-state index contributed by atoms with van der Waals surface area (Å²) in [4.78, 5) is 10.1. The minimum absolute atomic E-state index is 0.305. The molecule has 0 aliphatic rings. The van der Waals surface area contributed by atoms with Crippen LogP contribution in [0.4, 0.5) is 4.39 Å². The lowest BCUT2D eigenvalue weighted by atomic mass is 10.1. The van der Waals surface area contributed by atoms with Crippen LogP contribution in [0.25, 0.3) is 0 Å². The molecule has 0 heterocycles. The summed E-state index contributed by atoms with van der Waals surface area (Å²) in [7, 11) is 0. The fourth-order valence-electron chi connectivity index (χ4n) is 0.951. The number of aliphatic carboxylic acids is 1. The van der Waals surface area contributed by atoms with Crippen molar-refractivity contribution in [1.29, 1.82) is 0 Å². The number of rotatable bonds is 3. The highest BCUT2D eigenvalue weighted by Gasteiger charge is 1.97. The number of carboxylic acid groups (broad SMARTS) is 1. The van der Waals surface area contributed by atoms with Gasteiger partial charge in [0, 0.05) is 6.08 Å². The van der Waals surface area contributed by atoms with Gasteiger partial charge in [-0.15, -0.1) is 0 Å². The first kappa shape index (κ1) is 9.45. The first-order valence-corrected chi connectivity index (χ1v) is 3.83. The van der Waals surface area contributed by atoms with E-state index in [0.29, 0.717) is 12.0 Å². The van der Waals surface area contributed by atoms with Crippen LogP contribution >= 0.6 is 0 Å². The molecule has 1 N–H and O–H groups in total. The van der Waals surface area contributed by atoms with Crippen LogP contribution < -0.4 is 0 Å². The number of carboxylic acids is 1. The van der Waals surface area contributed by atoms with Crippen molar-refractivity contribution in [3.05, 3.63) is 47.8 Å². The molecule has 0 saturated carbocycles. The van der Waals surface area contributed by atoms with Crippen molar-refractivity contribution in [1.82, 2.24) is 0 Å². The zero-order valence-corrected chi connectivity index (χ0v) is 6.90. The Morgan fingerprint density at radius 2 is 2.15 bits per heavy atom. The van der Waals surface area contributed by atoms with Crippen LogP contribution in [0.2, 0.25) is 0 Å². The Balaban J connectivity index is 2.64. The molecule has 0 spiro atoms. The van der Waals surface area contributed by atoms with Crippen molar-refractivity contribution in [3.63, 3.8) is 0 Å². The predicted molar refractivity (Wildman–Crippen MR) is 46.9 cm³/mol. The van der Waals surface area contributed by atoms with Crippen LogP contribution in [-0.4, -0.2) is 11.1 Å². The van der Waals surface area contributed by atoms with Crippen LogP contribution in [0.1, 0.15) is 5.56 Å². The summed E-state index contributed by atoms with van der Waals surface area (Å²) in [6.07, 6.45) is 2.73. The van der Waals surface area contributed by atoms with Crippen LogP contribution in [0.5, 0.6) is 0 Å². The molecule has 13 heavy (non-hydrogen) atoms. The second kappa shape index (κ2) is 4.40. The highest BCUT2D eigenvalue weighted by Crippen LogP contribution is 2.07. The molecule has 0 unspecified atom stereocenters. The van der Waals surface area contributed by atoms with Crippen LogP contribution in [-0.2, 0) is 11.2 Å². The normalized spacial score (nSPS) is 10.5. The zero-order valence-electron chi connectivity index (χ0n) is 6.90. The summed E-state index contributed by atoms with van der Waals surface area (Å²) < 4.78 is 12.9. The first-order valence-electron chi connectivity index (χ1n) is 3.83. The topological polar surface area (TPSA) is 37.3 Å². The minimum atomic E-state index is -1.02. The van der Waals surface area contributed by atoms with E-state index >= 15 is 0 Å². The van der Waals surface area contributed by atoms with Gasteiger partial charge in [0.2, 0.25) is 0 Å². The Labute approximate surface area is 75.3 Å². The third-order valence-electron chi connectivity index (χ3n) is 1.56. The average molecular weight is 180 g/mol. The number of hydrogen-bond donors (Lipinski definition) is 1. The van der Waals surface area contributed by atoms with E-state index in [9.17, 15) is 9.18 Å². The van der Waals surface area contributed by atoms with Gasteiger partial charge < -0.3 is 5.11 Å². The van der Waals surface area contributed by atoms with Gasteiger partial charge in [0.05, 0.1) is 0 Å². The molecule has 0 fully saturated rings. The maximum atomic E-state index is 12.9. The van der Waals surface area contributed by atoms with Crippen molar-refractivity contribution in [2.45, 2.75) is 6.42 Å². The van der Waals surface area contributed by atoms with Gasteiger partial charge in [0.15, 0.2) is 0 Å². The Morgan fingerprint density at radius 1 is 1.46 bits per heavy atom. The van der Waals surface area contributed by atoms with Gasteiger partial charge in [-0.1, -0.05) is 24.3 Å². The lowest BCUT2D eigenvalue weighted by Gasteiger charge is -1.96. The van der Waals surface area contributed by atoms with E-state index in [0.717, 1.165) is 6.08 Å². The van der Waals surface area contributed by atoms with Crippen LogP contribution in [0.15, 0.2) is 36.4 Å². The summed E-state index contributed by atoms with van der Waals surface area (Å²) >= 11 is 0. The maximum absolute atomic E-state index is 12.9. The monoisotopic (exact) mass is 180 g/mol. The Bertz CT molecular complexity index is 331. The molecule has 0 radical (unpaired) electrons. The molecule has 0 atom stereocenters. The molecule has 68 valence electrons. The van der Waals surface area contributed by atoms with E-state index < -0.39 is 5.97 Å². The fraction of sp³-hybridized carbons (Fsp3) is 0.100. The van der Waals surface area contributed by atoms with Crippen molar-refractivity contribution in [2.75, 3.05) is 0 Å². The standard InChI is InChI=1S/C10H9FO2/c11-9-6-2-1-4-8(9)5-3-7-10(12)13/h1-4,6-7H,5H2,(H,12,13)/b7-3+. The third-order valence-corrected chi connectivity index (χ3v) is 1.56. The van der Waals surface area contributed by atoms with E-state index in [2.05, 4.69) is 0 Å². The average Bonchev–Trinajstić information content (AvgIpc) is 2.08. The van der Waals surface area contributed by atoms with Gasteiger partial charge in [0.1, 0.15) is 5.82 Å². The van der Waals surface area contributed by atoms with Crippen molar-refractivity contribution < 1.29 is 14.3 Å². The number of benzene rings is 1. The van der Waals surface area contributed by atoms with Crippen molar-refractivity contribution >= 4 is 5.97 Å². The SMILES string of the molecule is O=C(O)/C=C/Cc1ccccc1F. The Morgan fingerprint density at radius 3 is 2.77 bits per heavy atom. The Hall–Kier alpha value is -1.64. The predicted octanol–water partition coefficient (Wildman–Crippen LogP) is 2.01. The Kier molecular flexibility index (Phi) is 3.20. The molecule has 3 heteroatoms. The molecule has 1 aromatic rings. The van der Waals surface area contributed by atoms with E-state index in [1.165, 1.54) is 12.1 Å². The highest BCUT2D eigenvalue weighted by atomic mass is 19.1. The molecule has 0 bridgehead atoms. The molecule has 1 rings (SSSR count). The quantitative estimate of drug-likeness (QED) is 0.722. The second-order valence-corrected chi connectivity index (χ2v) is 2.54. The van der Waals surface area contributed by atoms with Gasteiger partial charge >= 0.3 is 5.97 Å². The summed E-state index contributed by atoms with van der Waals surface area (Å²) in [6, 6.07) is 6.29. The van der Waals surface area contributed by atoms with Gasteiger partial charge in [-0.2, -0.15) is 0 Å². The lowest BCUT2D eigenvalue weighted by Crippen LogP contribution is -1.90.